The van der Waals surface area contributed by atoms with E-state index in [1.807, 2.05) is 0 Å². The van der Waals surface area contributed by atoms with Crippen molar-refractivity contribution in [3.8, 4) is 0 Å². The van der Waals surface area contributed by atoms with Crippen molar-refractivity contribution >= 4 is 11.8 Å². The molecule has 2 N–H and O–H groups in total. The SMILES string of the molecule is Nc1ccnc(N2CCOC(C(F)(F)F)C2)n1. The largest absolute Gasteiger partial charge is 0.416 e. The van der Waals surface area contributed by atoms with Crippen LogP contribution in [0.2, 0.25) is 0 Å². The molecule has 2 rings (SSSR count). The minimum Gasteiger partial charge on any atom is -0.384 e. The topological polar surface area (TPSA) is 64.3 Å². The molecule has 1 aliphatic rings. The summed E-state index contributed by atoms with van der Waals surface area (Å²) in [5, 5.41) is 0. The van der Waals surface area contributed by atoms with Crippen LogP contribution in [0.15, 0.2) is 12.3 Å². The Morgan fingerprint density at radius 3 is 2.88 bits per heavy atom. The van der Waals surface area contributed by atoms with Crippen molar-refractivity contribution < 1.29 is 17.9 Å². The van der Waals surface area contributed by atoms with Gasteiger partial charge in [-0.2, -0.15) is 18.2 Å². The molecule has 94 valence electrons. The van der Waals surface area contributed by atoms with Gasteiger partial charge < -0.3 is 15.4 Å². The highest BCUT2D eigenvalue weighted by molar-refractivity contribution is 5.38. The van der Waals surface area contributed by atoms with E-state index in [2.05, 4.69) is 14.7 Å². The summed E-state index contributed by atoms with van der Waals surface area (Å²) in [6.45, 7) is -0.00861. The Balaban J connectivity index is 2.12. The highest BCUT2D eigenvalue weighted by Crippen LogP contribution is 2.26. The lowest BCUT2D eigenvalue weighted by Gasteiger charge is -2.33. The Hall–Kier alpha value is -1.57. The second kappa shape index (κ2) is 4.36. The fourth-order valence-corrected chi connectivity index (χ4v) is 1.54. The molecule has 0 spiro atoms. The first-order valence-corrected chi connectivity index (χ1v) is 4.98. The number of aromatic nitrogens is 2. The van der Waals surface area contributed by atoms with E-state index < -0.39 is 12.3 Å². The zero-order chi connectivity index (χ0) is 12.5. The number of alkyl halides is 3. The first kappa shape index (κ1) is 11.9. The quantitative estimate of drug-likeness (QED) is 0.797. The Morgan fingerprint density at radius 2 is 2.24 bits per heavy atom. The molecule has 0 aliphatic carbocycles. The van der Waals surface area contributed by atoms with E-state index in [0.29, 0.717) is 6.54 Å². The van der Waals surface area contributed by atoms with E-state index >= 15 is 0 Å². The van der Waals surface area contributed by atoms with E-state index in [1.165, 1.54) is 17.2 Å². The van der Waals surface area contributed by atoms with Crippen molar-refractivity contribution in [3.05, 3.63) is 12.3 Å². The summed E-state index contributed by atoms with van der Waals surface area (Å²) < 4.78 is 42.1. The molecule has 1 aromatic heterocycles. The van der Waals surface area contributed by atoms with Crippen molar-refractivity contribution in [1.29, 1.82) is 0 Å². The standard InChI is InChI=1S/C9H11F3N4O/c10-9(11,12)6-5-16(3-4-17-6)8-14-2-1-7(13)15-8/h1-2,6H,3-5H2,(H2,13,14,15). The third-order valence-electron chi connectivity index (χ3n) is 2.38. The number of nitrogen functional groups attached to an aromatic ring is 1. The predicted molar refractivity (Wildman–Crippen MR) is 54.5 cm³/mol. The molecule has 1 fully saturated rings. The predicted octanol–water partition coefficient (Wildman–Crippen LogP) is 0.826. The molecule has 1 atom stereocenters. The summed E-state index contributed by atoms with van der Waals surface area (Å²) in [6.07, 6.45) is -4.77. The summed E-state index contributed by atoms with van der Waals surface area (Å²) in [5.74, 6) is 0.424. The van der Waals surface area contributed by atoms with Gasteiger partial charge in [-0.15, -0.1) is 0 Å². The number of nitrogens with zero attached hydrogens (tertiary/aromatic N) is 3. The first-order valence-electron chi connectivity index (χ1n) is 4.98. The van der Waals surface area contributed by atoms with Gasteiger partial charge in [-0.25, -0.2) is 4.98 Å². The number of rotatable bonds is 1. The Bertz CT molecular complexity index is 398. The molecule has 1 aromatic rings. The minimum atomic E-state index is -4.38. The number of nitrogens with two attached hydrogens (primary N) is 1. The van der Waals surface area contributed by atoms with Gasteiger partial charge in [0.2, 0.25) is 5.95 Å². The molecule has 1 saturated heterocycles. The highest BCUT2D eigenvalue weighted by atomic mass is 19.4. The van der Waals surface area contributed by atoms with Crippen LogP contribution in [0.4, 0.5) is 24.9 Å². The molecular weight excluding hydrogens is 237 g/mol. The number of morpholine rings is 1. The van der Waals surface area contributed by atoms with Gasteiger partial charge in [0.05, 0.1) is 13.2 Å². The smallest absolute Gasteiger partial charge is 0.384 e. The van der Waals surface area contributed by atoms with Crippen LogP contribution in [0, 0.1) is 0 Å². The molecule has 0 aromatic carbocycles. The lowest BCUT2D eigenvalue weighted by Crippen LogP contribution is -2.49. The van der Waals surface area contributed by atoms with Crippen LogP contribution in [0.1, 0.15) is 0 Å². The molecule has 17 heavy (non-hydrogen) atoms. The normalized spacial score (nSPS) is 21.6. The van der Waals surface area contributed by atoms with Crippen LogP contribution >= 0.6 is 0 Å². The third-order valence-corrected chi connectivity index (χ3v) is 2.38. The van der Waals surface area contributed by atoms with Crippen LogP contribution in [0.25, 0.3) is 0 Å². The Labute approximate surface area is 95.4 Å². The van der Waals surface area contributed by atoms with Gasteiger partial charge in [0.25, 0.3) is 0 Å². The summed E-state index contributed by atoms with van der Waals surface area (Å²) in [6, 6.07) is 1.48. The van der Waals surface area contributed by atoms with E-state index in [-0.39, 0.29) is 24.9 Å². The molecule has 0 radical (unpaired) electrons. The number of halogens is 3. The number of hydrogen-bond acceptors (Lipinski definition) is 5. The van der Waals surface area contributed by atoms with Gasteiger partial charge in [-0.3, -0.25) is 0 Å². The van der Waals surface area contributed by atoms with Crippen LogP contribution in [-0.4, -0.2) is 41.9 Å². The van der Waals surface area contributed by atoms with Crippen molar-refractivity contribution in [1.82, 2.24) is 9.97 Å². The third kappa shape index (κ3) is 2.76. The lowest BCUT2D eigenvalue weighted by molar-refractivity contribution is -0.221. The maximum absolute atomic E-state index is 12.5. The van der Waals surface area contributed by atoms with Crippen LogP contribution < -0.4 is 10.6 Å². The first-order chi connectivity index (χ1) is 7.97. The van der Waals surface area contributed by atoms with E-state index in [1.54, 1.807) is 0 Å². The summed E-state index contributed by atoms with van der Waals surface area (Å²) in [7, 11) is 0. The average molecular weight is 248 g/mol. The maximum Gasteiger partial charge on any atom is 0.416 e. The Morgan fingerprint density at radius 1 is 1.47 bits per heavy atom. The molecule has 2 heterocycles. The molecule has 0 bridgehead atoms. The second-order valence-corrected chi connectivity index (χ2v) is 3.63. The van der Waals surface area contributed by atoms with Crippen molar-refractivity contribution in [2.45, 2.75) is 12.3 Å². The van der Waals surface area contributed by atoms with Crippen molar-refractivity contribution in [3.63, 3.8) is 0 Å². The van der Waals surface area contributed by atoms with Crippen LogP contribution in [0.5, 0.6) is 0 Å². The second-order valence-electron chi connectivity index (χ2n) is 3.63. The summed E-state index contributed by atoms with van der Waals surface area (Å²) in [5.41, 5.74) is 5.45. The highest BCUT2D eigenvalue weighted by Gasteiger charge is 2.43. The van der Waals surface area contributed by atoms with Gasteiger partial charge in [0.15, 0.2) is 6.10 Å². The number of hydrogen-bond donors (Lipinski definition) is 1. The fraction of sp³-hybridized carbons (Fsp3) is 0.556. The zero-order valence-electron chi connectivity index (χ0n) is 8.81. The van der Waals surface area contributed by atoms with Crippen LogP contribution in [-0.2, 0) is 4.74 Å². The van der Waals surface area contributed by atoms with Gasteiger partial charge in [-0.05, 0) is 6.07 Å². The van der Waals surface area contributed by atoms with Gasteiger partial charge in [-0.1, -0.05) is 0 Å². The van der Waals surface area contributed by atoms with Gasteiger partial charge in [0.1, 0.15) is 5.82 Å². The lowest BCUT2D eigenvalue weighted by atomic mass is 10.3. The molecule has 8 heteroatoms. The van der Waals surface area contributed by atoms with Crippen molar-refractivity contribution in [2.24, 2.45) is 0 Å². The minimum absolute atomic E-state index is 0.0116. The van der Waals surface area contributed by atoms with E-state index in [0.717, 1.165) is 0 Å². The van der Waals surface area contributed by atoms with E-state index in [9.17, 15) is 13.2 Å². The Kier molecular flexibility index (Phi) is 3.05. The summed E-state index contributed by atoms with van der Waals surface area (Å²) >= 11 is 0. The number of ether oxygens (including phenoxy) is 1. The van der Waals surface area contributed by atoms with Crippen molar-refractivity contribution in [2.75, 3.05) is 30.3 Å². The van der Waals surface area contributed by atoms with E-state index in [4.69, 9.17) is 5.73 Å². The molecule has 0 amide bonds. The zero-order valence-corrected chi connectivity index (χ0v) is 8.81. The molecule has 1 unspecified atom stereocenters. The molecular formula is C9H11F3N4O. The fourth-order valence-electron chi connectivity index (χ4n) is 1.54. The summed E-state index contributed by atoms with van der Waals surface area (Å²) in [4.78, 5) is 9.19. The molecule has 1 aliphatic heterocycles. The number of anilines is 2. The molecule has 0 saturated carbocycles. The van der Waals surface area contributed by atoms with Gasteiger partial charge in [0, 0.05) is 12.7 Å². The maximum atomic E-state index is 12.5. The van der Waals surface area contributed by atoms with Crippen LogP contribution in [0.3, 0.4) is 0 Å². The van der Waals surface area contributed by atoms with Gasteiger partial charge >= 0.3 is 6.18 Å². The molecule has 5 nitrogen and oxygen atoms in total. The average Bonchev–Trinajstić information content (AvgIpc) is 2.28. The monoisotopic (exact) mass is 248 g/mol.